The number of carbonyl (C=O) groups is 2. The van der Waals surface area contributed by atoms with Crippen molar-refractivity contribution in [3.63, 3.8) is 0 Å². The van der Waals surface area contributed by atoms with E-state index in [1.807, 2.05) is 6.92 Å². The molecular weight excluding hydrogens is 242 g/mol. The fourth-order valence-electron chi connectivity index (χ4n) is 2.81. The van der Waals surface area contributed by atoms with Crippen LogP contribution in [0.1, 0.15) is 33.1 Å². The summed E-state index contributed by atoms with van der Waals surface area (Å²) in [6, 6.07) is 0.134. The van der Waals surface area contributed by atoms with Gasteiger partial charge in [0, 0.05) is 32.6 Å². The van der Waals surface area contributed by atoms with Crippen LogP contribution in [0.2, 0.25) is 0 Å². The lowest BCUT2D eigenvalue weighted by Gasteiger charge is -2.34. The number of nitrogens with one attached hydrogen (secondary N) is 1. The minimum Gasteiger partial charge on any atom is -0.359 e. The summed E-state index contributed by atoms with van der Waals surface area (Å²) in [5.41, 5.74) is 5.96. The maximum atomic E-state index is 12.4. The van der Waals surface area contributed by atoms with E-state index in [0.29, 0.717) is 12.5 Å². The van der Waals surface area contributed by atoms with Crippen LogP contribution in [0.4, 0.5) is 0 Å². The Bertz CT molecular complexity index is 333. The molecule has 5 heteroatoms. The molecule has 0 aromatic carbocycles. The molecule has 0 heterocycles. The van der Waals surface area contributed by atoms with Crippen molar-refractivity contribution in [3.05, 3.63) is 0 Å². The van der Waals surface area contributed by atoms with Crippen molar-refractivity contribution in [2.75, 3.05) is 20.6 Å². The van der Waals surface area contributed by atoms with Crippen molar-refractivity contribution < 1.29 is 9.59 Å². The largest absolute Gasteiger partial charge is 0.359 e. The highest BCUT2D eigenvalue weighted by molar-refractivity contribution is 5.81. The number of amides is 2. The summed E-state index contributed by atoms with van der Waals surface area (Å²) in [6.07, 6.45) is 2.78. The second-order valence-electron chi connectivity index (χ2n) is 5.89. The van der Waals surface area contributed by atoms with Gasteiger partial charge in [0.05, 0.1) is 5.92 Å². The van der Waals surface area contributed by atoms with E-state index in [9.17, 15) is 9.59 Å². The molecule has 5 nitrogen and oxygen atoms in total. The Hall–Kier alpha value is -1.10. The van der Waals surface area contributed by atoms with E-state index in [2.05, 4.69) is 12.2 Å². The summed E-state index contributed by atoms with van der Waals surface area (Å²) >= 11 is 0. The molecule has 1 rings (SSSR count). The first-order valence-corrected chi connectivity index (χ1v) is 7.09. The quantitative estimate of drug-likeness (QED) is 0.784. The Labute approximate surface area is 115 Å². The SMILES string of the molecule is CNC(=O)C(C)CN(C)C(=O)C1CC(N)CCC1C. The number of rotatable bonds is 4. The minimum absolute atomic E-state index is 0.00522. The third kappa shape index (κ3) is 4.20. The number of hydrogen-bond donors (Lipinski definition) is 2. The summed E-state index contributed by atoms with van der Waals surface area (Å²) < 4.78 is 0. The van der Waals surface area contributed by atoms with Crippen LogP contribution in [-0.2, 0) is 9.59 Å². The highest BCUT2D eigenvalue weighted by atomic mass is 16.2. The van der Waals surface area contributed by atoms with Crippen LogP contribution in [0.15, 0.2) is 0 Å². The highest BCUT2D eigenvalue weighted by Crippen LogP contribution is 2.30. The molecule has 0 aromatic heterocycles. The fourth-order valence-corrected chi connectivity index (χ4v) is 2.81. The van der Waals surface area contributed by atoms with Crippen molar-refractivity contribution >= 4 is 11.8 Å². The first-order chi connectivity index (χ1) is 8.86. The van der Waals surface area contributed by atoms with Gasteiger partial charge >= 0.3 is 0 Å². The van der Waals surface area contributed by atoms with Crippen molar-refractivity contribution in [2.24, 2.45) is 23.5 Å². The van der Waals surface area contributed by atoms with Crippen LogP contribution < -0.4 is 11.1 Å². The van der Waals surface area contributed by atoms with E-state index in [4.69, 9.17) is 5.73 Å². The van der Waals surface area contributed by atoms with Crippen LogP contribution in [-0.4, -0.2) is 43.4 Å². The normalized spacial score (nSPS) is 28.6. The summed E-state index contributed by atoms with van der Waals surface area (Å²) in [4.78, 5) is 25.6. The van der Waals surface area contributed by atoms with Crippen LogP contribution in [0.5, 0.6) is 0 Å². The Balaban J connectivity index is 2.58. The van der Waals surface area contributed by atoms with Gasteiger partial charge in [-0.2, -0.15) is 0 Å². The monoisotopic (exact) mass is 269 g/mol. The van der Waals surface area contributed by atoms with Crippen molar-refractivity contribution in [3.8, 4) is 0 Å². The van der Waals surface area contributed by atoms with E-state index in [-0.39, 0.29) is 29.7 Å². The minimum atomic E-state index is -0.188. The van der Waals surface area contributed by atoms with Crippen molar-refractivity contribution in [1.82, 2.24) is 10.2 Å². The molecule has 0 aliphatic heterocycles. The van der Waals surface area contributed by atoms with Gasteiger partial charge in [0.1, 0.15) is 0 Å². The summed E-state index contributed by atoms with van der Waals surface area (Å²) in [7, 11) is 3.39. The second-order valence-corrected chi connectivity index (χ2v) is 5.89. The number of nitrogens with zero attached hydrogens (tertiary/aromatic N) is 1. The van der Waals surface area contributed by atoms with Gasteiger partial charge in [-0.15, -0.1) is 0 Å². The topological polar surface area (TPSA) is 75.4 Å². The Morgan fingerprint density at radius 3 is 2.63 bits per heavy atom. The number of nitrogens with two attached hydrogens (primary N) is 1. The first kappa shape index (κ1) is 16.0. The third-order valence-corrected chi connectivity index (χ3v) is 4.17. The molecule has 1 saturated carbocycles. The predicted octanol–water partition coefficient (Wildman–Crippen LogP) is 0.590. The average molecular weight is 269 g/mol. The molecule has 0 bridgehead atoms. The molecule has 1 fully saturated rings. The Kier molecular flexibility index (Phi) is 5.79. The molecule has 110 valence electrons. The van der Waals surface area contributed by atoms with E-state index < -0.39 is 0 Å². The molecule has 4 unspecified atom stereocenters. The fraction of sp³-hybridized carbons (Fsp3) is 0.857. The molecule has 1 aliphatic carbocycles. The van der Waals surface area contributed by atoms with Gasteiger partial charge in [-0.05, 0) is 25.2 Å². The molecule has 0 radical (unpaired) electrons. The van der Waals surface area contributed by atoms with Crippen LogP contribution in [0.3, 0.4) is 0 Å². The average Bonchev–Trinajstić information content (AvgIpc) is 2.39. The lowest BCUT2D eigenvalue weighted by molar-refractivity contribution is -0.138. The van der Waals surface area contributed by atoms with Crippen LogP contribution in [0, 0.1) is 17.8 Å². The number of carbonyl (C=O) groups excluding carboxylic acids is 2. The lowest BCUT2D eigenvalue weighted by atomic mass is 9.77. The summed E-state index contributed by atoms with van der Waals surface area (Å²) in [6.45, 7) is 4.40. The Morgan fingerprint density at radius 1 is 1.42 bits per heavy atom. The molecule has 3 N–H and O–H groups in total. The maximum absolute atomic E-state index is 12.4. The molecule has 19 heavy (non-hydrogen) atoms. The van der Waals surface area contributed by atoms with E-state index in [1.54, 1.807) is 19.0 Å². The third-order valence-electron chi connectivity index (χ3n) is 4.17. The maximum Gasteiger partial charge on any atom is 0.225 e. The van der Waals surface area contributed by atoms with E-state index in [0.717, 1.165) is 19.3 Å². The van der Waals surface area contributed by atoms with Gasteiger partial charge in [0.25, 0.3) is 0 Å². The summed E-state index contributed by atoms with van der Waals surface area (Å²) in [5, 5.41) is 2.61. The molecule has 2 amide bonds. The molecular formula is C14H27N3O2. The molecule has 0 aromatic rings. The summed E-state index contributed by atoms with van der Waals surface area (Å²) in [5.74, 6) is 0.286. The first-order valence-electron chi connectivity index (χ1n) is 7.09. The predicted molar refractivity (Wildman–Crippen MR) is 75.3 cm³/mol. The van der Waals surface area contributed by atoms with Gasteiger partial charge < -0.3 is 16.0 Å². The van der Waals surface area contributed by atoms with Gasteiger partial charge in [-0.1, -0.05) is 13.8 Å². The second kappa shape index (κ2) is 6.89. The number of hydrogen-bond acceptors (Lipinski definition) is 3. The van der Waals surface area contributed by atoms with Crippen LogP contribution >= 0.6 is 0 Å². The molecule has 4 atom stereocenters. The van der Waals surface area contributed by atoms with Gasteiger partial charge in [0.2, 0.25) is 11.8 Å². The zero-order valence-corrected chi connectivity index (χ0v) is 12.5. The van der Waals surface area contributed by atoms with E-state index in [1.165, 1.54) is 0 Å². The molecule has 1 aliphatic rings. The van der Waals surface area contributed by atoms with Crippen molar-refractivity contribution in [1.29, 1.82) is 0 Å². The smallest absolute Gasteiger partial charge is 0.225 e. The van der Waals surface area contributed by atoms with E-state index >= 15 is 0 Å². The Morgan fingerprint density at radius 2 is 2.05 bits per heavy atom. The van der Waals surface area contributed by atoms with Crippen molar-refractivity contribution in [2.45, 2.75) is 39.2 Å². The molecule has 0 spiro atoms. The molecule has 0 saturated heterocycles. The van der Waals surface area contributed by atoms with Gasteiger partial charge in [-0.3, -0.25) is 9.59 Å². The zero-order valence-electron chi connectivity index (χ0n) is 12.5. The highest BCUT2D eigenvalue weighted by Gasteiger charge is 2.33. The lowest BCUT2D eigenvalue weighted by Crippen LogP contribution is -2.45. The van der Waals surface area contributed by atoms with Gasteiger partial charge in [0.15, 0.2) is 0 Å². The van der Waals surface area contributed by atoms with Gasteiger partial charge in [-0.25, -0.2) is 0 Å². The standard InChI is InChI=1S/C14H27N3O2/c1-9-5-6-11(15)7-12(9)14(19)17(4)8-10(2)13(18)16-3/h9-12H,5-8,15H2,1-4H3,(H,16,18). The van der Waals surface area contributed by atoms with Crippen LogP contribution in [0.25, 0.3) is 0 Å². The zero-order chi connectivity index (χ0) is 14.6.